The highest BCUT2D eigenvalue weighted by Crippen LogP contribution is 2.31. The fraction of sp³-hybridized carbons (Fsp3) is 0.318. The number of methoxy groups -OCH3 is 1. The third-order valence-corrected chi connectivity index (χ3v) is 5.11. The van der Waals surface area contributed by atoms with Crippen molar-refractivity contribution in [2.75, 3.05) is 40.8 Å². The van der Waals surface area contributed by atoms with Gasteiger partial charge in [-0.25, -0.2) is 0 Å². The fourth-order valence-electron chi connectivity index (χ4n) is 3.28. The molecule has 0 saturated heterocycles. The van der Waals surface area contributed by atoms with E-state index in [0.29, 0.717) is 11.7 Å². The lowest BCUT2D eigenvalue weighted by atomic mass is 9.91. The molecule has 0 radical (unpaired) electrons. The Bertz CT molecular complexity index is 904. The van der Waals surface area contributed by atoms with Crippen LogP contribution < -0.4 is 15.4 Å². The van der Waals surface area contributed by atoms with Gasteiger partial charge in [0.1, 0.15) is 5.75 Å². The second kappa shape index (κ2) is 9.57. The van der Waals surface area contributed by atoms with Crippen molar-refractivity contribution < 1.29 is 4.74 Å². The minimum absolute atomic E-state index is 0.163. The van der Waals surface area contributed by atoms with E-state index in [-0.39, 0.29) is 5.92 Å². The number of nitrogens with zero attached hydrogens (tertiary/aromatic N) is 1. The lowest BCUT2D eigenvalue weighted by Gasteiger charge is -2.20. The van der Waals surface area contributed by atoms with Crippen molar-refractivity contribution in [3.05, 3.63) is 65.9 Å². The topological polar surface area (TPSA) is 52.3 Å². The maximum Gasteiger partial charge on any atom is 0.166 e. The van der Waals surface area contributed by atoms with Crippen LogP contribution in [0, 0.1) is 0 Å². The number of fused-ring (bicyclic) bond motifs is 1. The summed E-state index contributed by atoms with van der Waals surface area (Å²) >= 11 is 5.47. The molecule has 3 rings (SSSR count). The number of H-pyrrole nitrogens is 1. The summed E-state index contributed by atoms with van der Waals surface area (Å²) in [5.41, 5.74) is 3.61. The van der Waals surface area contributed by atoms with Gasteiger partial charge in [-0.3, -0.25) is 0 Å². The van der Waals surface area contributed by atoms with Gasteiger partial charge in [0.25, 0.3) is 0 Å². The van der Waals surface area contributed by atoms with Crippen molar-refractivity contribution in [3.63, 3.8) is 0 Å². The van der Waals surface area contributed by atoms with Gasteiger partial charge in [-0.1, -0.05) is 30.3 Å². The number of nitrogens with one attached hydrogen (secondary N) is 3. The molecule has 28 heavy (non-hydrogen) atoms. The number of hydrogen-bond acceptors (Lipinski definition) is 3. The Morgan fingerprint density at radius 2 is 1.86 bits per heavy atom. The number of likely N-dealkylation sites (N-methyl/N-ethyl adjacent to an activating group) is 1. The van der Waals surface area contributed by atoms with E-state index in [4.69, 9.17) is 17.0 Å². The average molecular weight is 397 g/mol. The highest BCUT2D eigenvalue weighted by molar-refractivity contribution is 7.80. The molecule has 0 amide bonds. The molecule has 1 atom stereocenters. The maximum atomic E-state index is 5.47. The van der Waals surface area contributed by atoms with E-state index >= 15 is 0 Å². The molecule has 1 aromatic heterocycles. The molecule has 0 unspecified atom stereocenters. The van der Waals surface area contributed by atoms with Crippen molar-refractivity contribution >= 4 is 28.2 Å². The summed E-state index contributed by atoms with van der Waals surface area (Å²) in [6.45, 7) is 2.47. The summed E-state index contributed by atoms with van der Waals surface area (Å²) in [5.74, 6) is 1.02. The van der Waals surface area contributed by atoms with Crippen LogP contribution in [0.3, 0.4) is 0 Å². The summed E-state index contributed by atoms with van der Waals surface area (Å²) in [7, 11) is 5.79. The first kappa shape index (κ1) is 20.2. The van der Waals surface area contributed by atoms with Gasteiger partial charge in [-0.15, -0.1) is 0 Å². The van der Waals surface area contributed by atoms with E-state index in [1.807, 2.05) is 18.2 Å². The van der Waals surface area contributed by atoms with Gasteiger partial charge >= 0.3 is 0 Å². The largest absolute Gasteiger partial charge is 0.497 e. The van der Waals surface area contributed by atoms with Gasteiger partial charge in [-0.2, -0.15) is 0 Å². The number of ether oxygens (including phenoxy) is 1. The predicted octanol–water partition coefficient (Wildman–Crippen LogP) is 3.33. The van der Waals surface area contributed by atoms with Gasteiger partial charge in [-0.05, 0) is 55.6 Å². The number of rotatable bonds is 8. The highest BCUT2D eigenvalue weighted by atomic mass is 32.1. The quantitative estimate of drug-likeness (QED) is 0.510. The van der Waals surface area contributed by atoms with Gasteiger partial charge < -0.3 is 25.3 Å². The molecular weight excluding hydrogens is 368 g/mol. The summed E-state index contributed by atoms with van der Waals surface area (Å²) in [6.07, 6.45) is 2.10. The number of hydrogen-bond donors (Lipinski definition) is 3. The van der Waals surface area contributed by atoms with E-state index in [1.54, 1.807) is 7.11 Å². The number of aromatic amines is 1. The third kappa shape index (κ3) is 5.03. The normalized spacial score (nSPS) is 12.1. The van der Waals surface area contributed by atoms with Crippen LogP contribution in [-0.4, -0.2) is 55.8 Å². The fourth-order valence-corrected chi connectivity index (χ4v) is 3.46. The summed E-state index contributed by atoms with van der Waals surface area (Å²) in [5, 5.41) is 8.58. The molecule has 0 bridgehead atoms. The number of thiocarbonyl (C=S) groups is 1. The van der Waals surface area contributed by atoms with Crippen molar-refractivity contribution in [2.45, 2.75) is 5.92 Å². The number of aromatic nitrogens is 1. The first-order valence-electron chi connectivity index (χ1n) is 9.45. The van der Waals surface area contributed by atoms with Gasteiger partial charge in [0.2, 0.25) is 0 Å². The van der Waals surface area contributed by atoms with Gasteiger partial charge in [0.15, 0.2) is 5.11 Å². The van der Waals surface area contributed by atoms with Crippen LogP contribution in [0.25, 0.3) is 10.9 Å². The average Bonchev–Trinajstić information content (AvgIpc) is 3.12. The SMILES string of the molecule is COc1ccc([C@@H](CNC(=S)NCCN(C)C)c2c[nH]c3ccccc23)cc1. The molecule has 0 aliphatic rings. The Labute approximate surface area is 172 Å². The maximum absolute atomic E-state index is 5.47. The van der Waals surface area contributed by atoms with Crippen molar-refractivity contribution in [3.8, 4) is 5.75 Å². The molecule has 0 aliphatic heterocycles. The summed E-state index contributed by atoms with van der Waals surface area (Å²) in [4.78, 5) is 5.52. The highest BCUT2D eigenvalue weighted by Gasteiger charge is 2.18. The second-order valence-electron chi connectivity index (χ2n) is 7.06. The molecule has 2 aromatic carbocycles. The van der Waals surface area contributed by atoms with Crippen molar-refractivity contribution in [2.24, 2.45) is 0 Å². The van der Waals surface area contributed by atoms with Crippen LogP contribution in [0.5, 0.6) is 5.75 Å². The standard InChI is InChI=1S/C22H28N4OS/c1-26(2)13-12-23-22(28)25-14-19(16-8-10-17(27-3)11-9-16)20-15-24-21-7-5-4-6-18(20)21/h4-11,15,19,24H,12-14H2,1-3H3,(H2,23,25,28)/t19-/m1/s1. The van der Waals surface area contributed by atoms with Crippen LogP contribution in [-0.2, 0) is 0 Å². The molecule has 3 aromatic rings. The summed E-state index contributed by atoms with van der Waals surface area (Å²) < 4.78 is 5.32. The molecule has 148 valence electrons. The van der Waals surface area contributed by atoms with Crippen molar-refractivity contribution in [1.82, 2.24) is 20.5 Å². The van der Waals surface area contributed by atoms with E-state index in [0.717, 1.165) is 24.4 Å². The Morgan fingerprint density at radius 1 is 1.11 bits per heavy atom. The molecule has 6 heteroatoms. The van der Waals surface area contributed by atoms with E-state index in [2.05, 4.69) is 71.1 Å². The Kier molecular flexibility index (Phi) is 6.90. The zero-order valence-electron chi connectivity index (χ0n) is 16.7. The van der Waals surface area contributed by atoms with Crippen LogP contribution in [0.4, 0.5) is 0 Å². The van der Waals surface area contributed by atoms with Crippen molar-refractivity contribution in [1.29, 1.82) is 0 Å². The summed E-state index contributed by atoms with van der Waals surface area (Å²) in [6, 6.07) is 16.6. The molecule has 0 aliphatic carbocycles. The minimum Gasteiger partial charge on any atom is -0.497 e. The Hall–Kier alpha value is -2.57. The van der Waals surface area contributed by atoms with E-state index < -0.39 is 0 Å². The van der Waals surface area contributed by atoms with Crippen LogP contribution in [0.2, 0.25) is 0 Å². The van der Waals surface area contributed by atoms with Crippen LogP contribution in [0.15, 0.2) is 54.7 Å². The Balaban J connectivity index is 1.79. The third-order valence-electron chi connectivity index (χ3n) is 4.83. The van der Waals surface area contributed by atoms with E-state index in [9.17, 15) is 0 Å². The van der Waals surface area contributed by atoms with Gasteiger partial charge in [0, 0.05) is 42.7 Å². The molecule has 0 fully saturated rings. The second-order valence-corrected chi connectivity index (χ2v) is 7.46. The minimum atomic E-state index is 0.163. The van der Waals surface area contributed by atoms with Gasteiger partial charge in [0.05, 0.1) is 7.11 Å². The number of para-hydroxylation sites is 1. The Morgan fingerprint density at radius 3 is 2.57 bits per heavy atom. The zero-order chi connectivity index (χ0) is 19.9. The molecule has 0 spiro atoms. The molecule has 1 heterocycles. The molecule has 3 N–H and O–H groups in total. The first-order chi connectivity index (χ1) is 13.6. The zero-order valence-corrected chi connectivity index (χ0v) is 17.5. The lowest BCUT2D eigenvalue weighted by Crippen LogP contribution is -2.40. The number of benzene rings is 2. The smallest absolute Gasteiger partial charge is 0.166 e. The van der Waals surface area contributed by atoms with E-state index in [1.165, 1.54) is 16.5 Å². The lowest BCUT2D eigenvalue weighted by molar-refractivity contribution is 0.412. The first-order valence-corrected chi connectivity index (χ1v) is 9.85. The molecule has 5 nitrogen and oxygen atoms in total. The van der Waals surface area contributed by atoms with Crippen LogP contribution >= 0.6 is 12.2 Å². The van der Waals surface area contributed by atoms with Crippen LogP contribution in [0.1, 0.15) is 17.0 Å². The predicted molar refractivity (Wildman–Crippen MR) is 120 cm³/mol. The molecule has 0 saturated carbocycles. The molecular formula is C22H28N4OS. The monoisotopic (exact) mass is 396 g/mol.